The minimum absolute atomic E-state index is 0.0918. The third kappa shape index (κ3) is 2.22. The fraction of sp³-hybridized carbons (Fsp3) is 0.143. The van der Waals surface area contributed by atoms with E-state index in [0.717, 1.165) is 12.1 Å². The fourth-order valence-corrected chi connectivity index (χ4v) is 1.76. The van der Waals surface area contributed by atoms with Crippen molar-refractivity contribution in [2.45, 2.75) is 11.8 Å². The van der Waals surface area contributed by atoms with Crippen LogP contribution in [0, 0.1) is 17.0 Å². The van der Waals surface area contributed by atoms with Crippen LogP contribution in [0.15, 0.2) is 17.0 Å². The molecule has 82 valence electrons. The van der Waals surface area contributed by atoms with Crippen LogP contribution < -0.4 is 5.73 Å². The highest BCUT2D eigenvalue weighted by Crippen LogP contribution is 2.28. The standard InChI is InChI=1S/C7H8N2O5S/c1-4-2-7(15(12,13)14)6(9(10)11)3-5(4)8/h2-3H,8H2,1H3,(H,12,13,14). The molecule has 8 heteroatoms. The van der Waals surface area contributed by atoms with Crippen molar-refractivity contribution in [3.63, 3.8) is 0 Å². The highest BCUT2D eigenvalue weighted by molar-refractivity contribution is 7.86. The first-order valence-corrected chi connectivity index (χ1v) is 5.19. The van der Waals surface area contributed by atoms with Gasteiger partial charge >= 0.3 is 10.1 Å². The molecule has 0 spiro atoms. The molecule has 15 heavy (non-hydrogen) atoms. The molecule has 0 aliphatic carbocycles. The number of nitrogens with zero attached hydrogens (tertiary/aromatic N) is 1. The van der Waals surface area contributed by atoms with Crippen LogP contribution in [-0.2, 0) is 10.1 Å². The van der Waals surface area contributed by atoms with Gasteiger partial charge in [0.25, 0.3) is 5.69 Å². The number of nitro groups is 1. The van der Waals surface area contributed by atoms with Gasteiger partial charge in [-0.25, -0.2) is 0 Å². The molecule has 7 nitrogen and oxygen atoms in total. The van der Waals surface area contributed by atoms with Crippen LogP contribution >= 0.6 is 0 Å². The first-order valence-electron chi connectivity index (χ1n) is 3.75. The molecule has 0 unspecified atom stereocenters. The minimum Gasteiger partial charge on any atom is -0.398 e. The Morgan fingerprint density at radius 3 is 2.40 bits per heavy atom. The van der Waals surface area contributed by atoms with Gasteiger partial charge in [-0.1, -0.05) is 0 Å². The highest BCUT2D eigenvalue weighted by Gasteiger charge is 2.24. The van der Waals surface area contributed by atoms with Gasteiger partial charge in [-0.3, -0.25) is 14.7 Å². The topological polar surface area (TPSA) is 124 Å². The van der Waals surface area contributed by atoms with Gasteiger partial charge in [0.2, 0.25) is 0 Å². The second-order valence-corrected chi connectivity index (χ2v) is 4.30. The lowest BCUT2D eigenvalue weighted by Gasteiger charge is -2.03. The Morgan fingerprint density at radius 1 is 1.47 bits per heavy atom. The quantitative estimate of drug-likeness (QED) is 0.335. The average molecular weight is 232 g/mol. The zero-order valence-electron chi connectivity index (χ0n) is 7.67. The zero-order valence-corrected chi connectivity index (χ0v) is 8.48. The molecule has 1 rings (SSSR count). The molecule has 0 aromatic heterocycles. The zero-order chi connectivity index (χ0) is 11.8. The van der Waals surface area contributed by atoms with E-state index in [1.54, 1.807) is 0 Å². The van der Waals surface area contributed by atoms with E-state index in [1.807, 2.05) is 0 Å². The second-order valence-electron chi connectivity index (χ2n) is 2.91. The van der Waals surface area contributed by atoms with Gasteiger partial charge in [0.05, 0.1) is 4.92 Å². The molecule has 1 aromatic carbocycles. The molecule has 0 radical (unpaired) electrons. The molecule has 0 bridgehead atoms. The van der Waals surface area contributed by atoms with Crippen molar-refractivity contribution < 1.29 is 17.9 Å². The van der Waals surface area contributed by atoms with Gasteiger partial charge in [-0.05, 0) is 18.6 Å². The van der Waals surface area contributed by atoms with E-state index in [2.05, 4.69) is 0 Å². The van der Waals surface area contributed by atoms with Crippen molar-refractivity contribution in [1.29, 1.82) is 0 Å². The number of nitrogen functional groups attached to an aromatic ring is 1. The molecule has 1 aromatic rings. The molecule has 0 saturated heterocycles. The van der Waals surface area contributed by atoms with Crippen molar-refractivity contribution in [2.24, 2.45) is 0 Å². The Kier molecular flexibility index (Phi) is 2.65. The van der Waals surface area contributed by atoms with Gasteiger partial charge in [-0.15, -0.1) is 0 Å². The maximum absolute atomic E-state index is 10.8. The summed E-state index contributed by atoms with van der Waals surface area (Å²) >= 11 is 0. The lowest BCUT2D eigenvalue weighted by atomic mass is 10.2. The number of nitrogens with two attached hydrogens (primary N) is 1. The third-order valence-corrected chi connectivity index (χ3v) is 2.71. The first-order chi connectivity index (χ1) is 6.73. The molecule has 0 amide bonds. The predicted octanol–water partition coefficient (Wildman–Crippen LogP) is 0.732. The fourth-order valence-electron chi connectivity index (χ4n) is 1.04. The maximum Gasteiger partial charge on any atom is 0.301 e. The molecular weight excluding hydrogens is 224 g/mol. The SMILES string of the molecule is Cc1cc(S(=O)(=O)O)c([N+](=O)[O-])cc1N. The number of nitro benzene ring substituents is 1. The Morgan fingerprint density at radius 2 is 2.00 bits per heavy atom. The lowest BCUT2D eigenvalue weighted by molar-refractivity contribution is -0.387. The van der Waals surface area contributed by atoms with Gasteiger partial charge < -0.3 is 5.73 Å². The van der Waals surface area contributed by atoms with E-state index >= 15 is 0 Å². The van der Waals surface area contributed by atoms with Crippen LogP contribution in [-0.4, -0.2) is 17.9 Å². The summed E-state index contributed by atoms with van der Waals surface area (Å²) in [6.45, 7) is 1.48. The molecule has 0 heterocycles. The summed E-state index contributed by atoms with van der Waals surface area (Å²) in [4.78, 5) is 8.84. The number of rotatable bonds is 2. The van der Waals surface area contributed by atoms with Gasteiger partial charge in [0.15, 0.2) is 4.90 Å². The highest BCUT2D eigenvalue weighted by atomic mass is 32.2. The minimum atomic E-state index is -4.61. The molecule has 0 atom stereocenters. The molecule has 0 saturated carbocycles. The van der Waals surface area contributed by atoms with Crippen molar-refractivity contribution in [1.82, 2.24) is 0 Å². The summed E-state index contributed by atoms with van der Waals surface area (Å²) < 4.78 is 30.4. The Bertz CT molecular complexity index is 522. The number of hydrogen-bond acceptors (Lipinski definition) is 5. The second kappa shape index (κ2) is 3.48. The molecule has 0 aliphatic heterocycles. The maximum atomic E-state index is 10.8. The number of aryl methyl sites for hydroxylation is 1. The van der Waals surface area contributed by atoms with Crippen LogP contribution in [0.2, 0.25) is 0 Å². The summed E-state index contributed by atoms with van der Waals surface area (Å²) in [7, 11) is -4.61. The van der Waals surface area contributed by atoms with E-state index in [9.17, 15) is 18.5 Å². The van der Waals surface area contributed by atoms with Crippen LogP contribution in [0.3, 0.4) is 0 Å². The predicted molar refractivity (Wildman–Crippen MR) is 52.1 cm³/mol. The van der Waals surface area contributed by atoms with Gasteiger partial charge in [-0.2, -0.15) is 8.42 Å². The van der Waals surface area contributed by atoms with Gasteiger partial charge in [0.1, 0.15) is 0 Å². The normalized spacial score (nSPS) is 11.3. The third-order valence-electron chi connectivity index (χ3n) is 1.82. The molecular formula is C7H8N2O5S. The summed E-state index contributed by atoms with van der Waals surface area (Å²) in [5.74, 6) is 0. The number of anilines is 1. The summed E-state index contributed by atoms with van der Waals surface area (Å²) in [5.41, 5.74) is 5.09. The van der Waals surface area contributed by atoms with Gasteiger partial charge in [0, 0.05) is 11.8 Å². The summed E-state index contributed by atoms with van der Waals surface area (Å²) in [6.07, 6.45) is 0. The Labute approximate surface area is 85.4 Å². The van der Waals surface area contributed by atoms with Crippen molar-refractivity contribution in [2.75, 3.05) is 5.73 Å². The summed E-state index contributed by atoms with van der Waals surface area (Å²) in [6, 6.07) is 1.86. The molecule has 0 fully saturated rings. The number of hydrogen-bond donors (Lipinski definition) is 2. The van der Waals surface area contributed by atoms with E-state index in [1.165, 1.54) is 6.92 Å². The average Bonchev–Trinajstić information content (AvgIpc) is 2.06. The largest absolute Gasteiger partial charge is 0.398 e. The molecule has 3 N–H and O–H groups in total. The lowest BCUT2D eigenvalue weighted by Crippen LogP contribution is -2.05. The van der Waals surface area contributed by atoms with E-state index < -0.39 is 25.6 Å². The monoisotopic (exact) mass is 232 g/mol. The van der Waals surface area contributed by atoms with Crippen molar-refractivity contribution >= 4 is 21.5 Å². The van der Waals surface area contributed by atoms with E-state index in [4.69, 9.17) is 10.3 Å². The van der Waals surface area contributed by atoms with Crippen LogP contribution in [0.1, 0.15) is 5.56 Å². The smallest absolute Gasteiger partial charge is 0.301 e. The van der Waals surface area contributed by atoms with Crippen molar-refractivity contribution in [3.8, 4) is 0 Å². The van der Waals surface area contributed by atoms with Crippen LogP contribution in [0.25, 0.3) is 0 Å². The number of benzene rings is 1. The molecule has 0 aliphatic rings. The van der Waals surface area contributed by atoms with E-state index in [0.29, 0.717) is 5.56 Å². The van der Waals surface area contributed by atoms with E-state index in [-0.39, 0.29) is 5.69 Å². The Hall–Kier alpha value is -1.67. The van der Waals surface area contributed by atoms with Crippen LogP contribution in [0.5, 0.6) is 0 Å². The first kappa shape index (κ1) is 11.4. The summed E-state index contributed by atoms with van der Waals surface area (Å²) in [5, 5.41) is 10.5. The Balaban J connectivity index is 3.64. The van der Waals surface area contributed by atoms with Crippen LogP contribution in [0.4, 0.5) is 11.4 Å². The van der Waals surface area contributed by atoms with Crippen molar-refractivity contribution in [3.05, 3.63) is 27.8 Å².